The number of amides is 1. The Morgan fingerprint density at radius 3 is 2.41 bits per heavy atom. The molecule has 1 aromatic carbocycles. The highest BCUT2D eigenvalue weighted by molar-refractivity contribution is 5.94. The molecule has 1 fully saturated rings. The summed E-state index contributed by atoms with van der Waals surface area (Å²) in [5.41, 5.74) is 0.544. The van der Waals surface area contributed by atoms with Crippen LogP contribution in [0.25, 0.3) is 0 Å². The summed E-state index contributed by atoms with van der Waals surface area (Å²) < 4.78 is 19.1. The topological polar surface area (TPSA) is 32.8 Å². The van der Waals surface area contributed by atoms with E-state index in [2.05, 4.69) is 18.5 Å². The normalized spacial score (nSPS) is 19.3. The number of nitrogens with zero attached hydrogens (tertiary/aromatic N) is 2. The van der Waals surface area contributed by atoms with Gasteiger partial charge in [-0.15, -0.1) is 6.58 Å². The lowest BCUT2D eigenvalue weighted by atomic mass is 9.91. The predicted octanol–water partition coefficient (Wildman–Crippen LogP) is 4.90. The molecule has 1 aromatic rings. The first-order valence-corrected chi connectivity index (χ1v) is 10.9. The average molecular weight is 405 g/mol. The number of hydrogen-bond acceptors (Lipinski definition) is 3. The minimum absolute atomic E-state index is 0.0342. The van der Waals surface area contributed by atoms with Gasteiger partial charge in [-0.25, -0.2) is 4.39 Å². The first-order chi connectivity index (χ1) is 14.0. The standard InChI is InChI=1S/C24H37FN2O2/c1-4-17-26(2)18-7-5-6-8-19-29-23-15-13-22(14-16-23)27(3)24(28)20-9-11-21(25)12-10-20/h4,9-12,22-23H,1,5-8,13-19H2,2-3H3/t22-,23-. The third-order valence-corrected chi connectivity index (χ3v) is 5.83. The second kappa shape index (κ2) is 12.8. The Morgan fingerprint density at radius 1 is 1.10 bits per heavy atom. The van der Waals surface area contributed by atoms with E-state index in [-0.39, 0.29) is 17.8 Å². The Bertz CT molecular complexity index is 612. The second-order valence-electron chi connectivity index (χ2n) is 8.19. The van der Waals surface area contributed by atoms with Crippen molar-refractivity contribution in [3.05, 3.63) is 48.3 Å². The van der Waals surface area contributed by atoms with E-state index in [0.29, 0.717) is 11.7 Å². The minimum Gasteiger partial charge on any atom is -0.378 e. The van der Waals surface area contributed by atoms with Crippen molar-refractivity contribution in [1.82, 2.24) is 9.80 Å². The van der Waals surface area contributed by atoms with Gasteiger partial charge in [-0.05, 0) is 76.4 Å². The van der Waals surface area contributed by atoms with E-state index in [1.54, 1.807) is 12.1 Å². The number of halogens is 1. The Hall–Kier alpha value is -1.72. The van der Waals surface area contributed by atoms with Crippen LogP contribution in [-0.2, 0) is 4.74 Å². The summed E-state index contributed by atoms with van der Waals surface area (Å²) in [4.78, 5) is 16.7. The molecular weight excluding hydrogens is 367 g/mol. The SMILES string of the molecule is C=CCN(C)CCCCCCO[C@H]1CC[C@H](N(C)C(=O)c2ccc(F)cc2)CC1. The van der Waals surface area contributed by atoms with Crippen molar-refractivity contribution < 1.29 is 13.9 Å². The Kier molecular flexibility index (Phi) is 10.4. The maximum Gasteiger partial charge on any atom is 0.253 e. The molecule has 162 valence electrons. The van der Waals surface area contributed by atoms with E-state index in [1.165, 1.54) is 31.4 Å². The quantitative estimate of drug-likeness (QED) is 0.367. The monoisotopic (exact) mass is 404 g/mol. The van der Waals surface area contributed by atoms with Gasteiger partial charge in [0.25, 0.3) is 5.91 Å². The molecule has 4 nitrogen and oxygen atoms in total. The van der Waals surface area contributed by atoms with Crippen LogP contribution < -0.4 is 0 Å². The highest BCUT2D eigenvalue weighted by Crippen LogP contribution is 2.25. The summed E-state index contributed by atoms with van der Waals surface area (Å²) in [7, 11) is 3.98. The number of unbranched alkanes of at least 4 members (excludes halogenated alkanes) is 3. The van der Waals surface area contributed by atoms with Gasteiger partial charge in [0.2, 0.25) is 0 Å². The van der Waals surface area contributed by atoms with Crippen LogP contribution in [0.3, 0.4) is 0 Å². The van der Waals surface area contributed by atoms with Crippen LogP contribution in [-0.4, -0.2) is 61.6 Å². The molecule has 0 spiro atoms. The summed E-state index contributed by atoms with van der Waals surface area (Å²) in [5, 5.41) is 0. The third kappa shape index (κ3) is 8.27. The molecule has 2 rings (SSSR count). The number of ether oxygens (including phenoxy) is 1. The summed E-state index contributed by atoms with van der Waals surface area (Å²) in [5.74, 6) is -0.352. The fourth-order valence-corrected chi connectivity index (χ4v) is 3.96. The molecule has 1 amide bonds. The largest absolute Gasteiger partial charge is 0.378 e. The number of rotatable bonds is 12. The molecule has 1 aliphatic carbocycles. The molecule has 5 heteroatoms. The molecule has 0 aromatic heterocycles. The van der Waals surface area contributed by atoms with E-state index in [1.807, 2.05) is 18.0 Å². The fourth-order valence-electron chi connectivity index (χ4n) is 3.96. The van der Waals surface area contributed by atoms with Gasteiger partial charge in [0, 0.05) is 31.8 Å². The zero-order valence-electron chi connectivity index (χ0n) is 18.1. The van der Waals surface area contributed by atoms with Gasteiger partial charge in [0.05, 0.1) is 6.10 Å². The number of benzene rings is 1. The van der Waals surface area contributed by atoms with Gasteiger partial charge in [-0.1, -0.05) is 18.9 Å². The lowest BCUT2D eigenvalue weighted by Gasteiger charge is -2.34. The number of carbonyl (C=O) groups is 1. The van der Waals surface area contributed by atoms with Gasteiger partial charge in [0.1, 0.15) is 5.82 Å². The summed E-state index contributed by atoms with van der Waals surface area (Å²) in [6.45, 7) is 6.68. The van der Waals surface area contributed by atoms with Crippen molar-refractivity contribution in [3.63, 3.8) is 0 Å². The first-order valence-electron chi connectivity index (χ1n) is 10.9. The number of likely N-dealkylation sites (N-methyl/N-ethyl adjacent to an activating group) is 1. The summed E-state index contributed by atoms with van der Waals surface area (Å²) in [6, 6.07) is 6.03. The van der Waals surface area contributed by atoms with Crippen molar-refractivity contribution in [2.45, 2.75) is 63.5 Å². The Morgan fingerprint density at radius 2 is 1.76 bits per heavy atom. The van der Waals surface area contributed by atoms with E-state index in [4.69, 9.17) is 4.74 Å². The molecule has 0 unspecified atom stereocenters. The zero-order valence-corrected chi connectivity index (χ0v) is 18.1. The summed E-state index contributed by atoms with van der Waals surface area (Å²) >= 11 is 0. The number of carbonyl (C=O) groups excluding carboxylic acids is 1. The molecule has 1 saturated carbocycles. The van der Waals surface area contributed by atoms with E-state index < -0.39 is 0 Å². The van der Waals surface area contributed by atoms with Crippen LogP contribution in [0.4, 0.5) is 4.39 Å². The lowest BCUT2D eigenvalue weighted by molar-refractivity contribution is 0.00908. The Labute approximate surface area is 175 Å². The van der Waals surface area contributed by atoms with Crippen molar-refractivity contribution in [1.29, 1.82) is 0 Å². The van der Waals surface area contributed by atoms with Crippen molar-refractivity contribution >= 4 is 5.91 Å². The van der Waals surface area contributed by atoms with Crippen LogP contribution in [0.5, 0.6) is 0 Å². The molecule has 0 atom stereocenters. The molecule has 0 heterocycles. The van der Waals surface area contributed by atoms with Gasteiger partial charge >= 0.3 is 0 Å². The highest BCUT2D eigenvalue weighted by Gasteiger charge is 2.27. The van der Waals surface area contributed by atoms with Crippen LogP contribution in [0.15, 0.2) is 36.9 Å². The van der Waals surface area contributed by atoms with E-state index >= 15 is 0 Å². The van der Waals surface area contributed by atoms with Crippen molar-refractivity contribution in [2.24, 2.45) is 0 Å². The van der Waals surface area contributed by atoms with Crippen LogP contribution in [0.2, 0.25) is 0 Å². The van der Waals surface area contributed by atoms with Crippen LogP contribution in [0.1, 0.15) is 61.7 Å². The molecular formula is C24H37FN2O2. The minimum atomic E-state index is -0.318. The maximum atomic E-state index is 13.1. The second-order valence-corrected chi connectivity index (χ2v) is 8.19. The van der Waals surface area contributed by atoms with Gasteiger partial charge < -0.3 is 14.5 Å². The molecule has 0 N–H and O–H groups in total. The molecule has 1 aliphatic rings. The van der Waals surface area contributed by atoms with E-state index in [9.17, 15) is 9.18 Å². The van der Waals surface area contributed by atoms with Crippen LogP contribution >= 0.6 is 0 Å². The van der Waals surface area contributed by atoms with Crippen molar-refractivity contribution in [3.8, 4) is 0 Å². The van der Waals surface area contributed by atoms with Crippen molar-refractivity contribution in [2.75, 3.05) is 33.8 Å². The van der Waals surface area contributed by atoms with Gasteiger partial charge in [-0.2, -0.15) is 0 Å². The smallest absolute Gasteiger partial charge is 0.253 e. The highest BCUT2D eigenvalue weighted by atomic mass is 19.1. The van der Waals surface area contributed by atoms with E-state index in [0.717, 1.165) is 51.8 Å². The van der Waals surface area contributed by atoms with Crippen LogP contribution in [0, 0.1) is 5.82 Å². The van der Waals surface area contributed by atoms with Gasteiger partial charge in [0.15, 0.2) is 0 Å². The molecule has 0 aliphatic heterocycles. The summed E-state index contributed by atoms with van der Waals surface area (Å²) in [6.07, 6.45) is 11.0. The third-order valence-electron chi connectivity index (χ3n) is 5.83. The molecule has 29 heavy (non-hydrogen) atoms. The fraction of sp³-hybridized carbons (Fsp3) is 0.625. The maximum absolute atomic E-state index is 13.1. The predicted molar refractivity (Wildman–Crippen MR) is 117 cm³/mol. The number of hydrogen-bond donors (Lipinski definition) is 0. The zero-order chi connectivity index (χ0) is 21.1. The first kappa shape index (κ1) is 23.6. The molecule has 0 radical (unpaired) electrons. The molecule has 0 bridgehead atoms. The average Bonchev–Trinajstić information content (AvgIpc) is 2.73. The molecule has 0 saturated heterocycles. The van der Waals surface area contributed by atoms with Gasteiger partial charge in [-0.3, -0.25) is 4.79 Å². The Balaban J connectivity index is 1.57. The lowest BCUT2D eigenvalue weighted by Crippen LogP contribution is -2.40.